The van der Waals surface area contributed by atoms with Crippen molar-refractivity contribution in [1.82, 2.24) is 4.90 Å². The molecule has 0 amide bonds. The average molecular weight is 242 g/mol. The van der Waals surface area contributed by atoms with Crippen LogP contribution in [0.1, 0.15) is 25.8 Å². The molecule has 90 valence electrons. The molecular formula is C13H20ClNO. The zero-order chi connectivity index (χ0) is 12.2. The molecule has 1 N–H and O–H groups in total. The van der Waals surface area contributed by atoms with Gasteiger partial charge < -0.3 is 5.11 Å². The highest BCUT2D eigenvalue weighted by molar-refractivity contribution is 6.30. The Balaban J connectivity index is 2.55. The van der Waals surface area contributed by atoms with Crippen LogP contribution in [0, 0.1) is 0 Å². The summed E-state index contributed by atoms with van der Waals surface area (Å²) in [6.07, 6.45) is 0.757. The first-order chi connectivity index (χ1) is 7.43. The third-order valence-electron chi connectivity index (χ3n) is 2.71. The van der Waals surface area contributed by atoms with E-state index in [0.717, 1.165) is 18.0 Å². The van der Waals surface area contributed by atoms with E-state index >= 15 is 0 Å². The first-order valence-corrected chi connectivity index (χ1v) is 5.96. The van der Waals surface area contributed by atoms with Crippen molar-refractivity contribution in [3.05, 3.63) is 34.9 Å². The Labute approximate surface area is 103 Å². The van der Waals surface area contributed by atoms with Crippen molar-refractivity contribution in [2.45, 2.75) is 32.4 Å². The molecule has 1 rings (SSSR count). The molecule has 0 heterocycles. The van der Waals surface area contributed by atoms with Crippen LogP contribution in [0.4, 0.5) is 0 Å². The molecule has 1 unspecified atom stereocenters. The first kappa shape index (κ1) is 13.5. The van der Waals surface area contributed by atoms with Crippen molar-refractivity contribution >= 4 is 11.6 Å². The van der Waals surface area contributed by atoms with Crippen molar-refractivity contribution in [2.75, 3.05) is 13.6 Å². The van der Waals surface area contributed by atoms with Gasteiger partial charge in [-0.25, -0.2) is 0 Å². The van der Waals surface area contributed by atoms with E-state index in [9.17, 15) is 5.11 Å². The fraction of sp³-hybridized carbons (Fsp3) is 0.538. The van der Waals surface area contributed by atoms with Gasteiger partial charge in [-0.1, -0.05) is 30.7 Å². The maximum absolute atomic E-state index is 9.96. The predicted octanol–water partition coefficient (Wildman–Crippen LogP) is 2.93. The topological polar surface area (TPSA) is 23.5 Å². The maximum atomic E-state index is 9.96. The third-order valence-corrected chi connectivity index (χ3v) is 2.95. The van der Waals surface area contributed by atoms with Crippen LogP contribution in [0.3, 0.4) is 0 Å². The number of likely N-dealkylation sites (N-methyl/N-ethyl adjacent to an activating group) is 1. The van der Waals surface area contributed by atoms with Gasteiger partial charge in [-0.3, -0.25) is 4.90 Å². The average Bonchev–Trinajstić information content (AvgIpc) is 2.16. The van der Waals surface area contributed by atoms with Crippen LogP contribution >= 0.6 is 11.6 Å². The van der Waals surface area contributed by atoms with E-state index in [-0.39, 0.29) is 0 Å². The minimum absolute atomic E-state index is 0.618. The molecule has 1 aromatic rings. The van der Waals surface area contributed by atoms with Crippen molar-refractivity contribution in [2.24, 2.45) is 0 Å². The van der Waals surface area contributed by atoms with Gasteiger partial charge in [0.25, 0.3) is 0 Å². The van der Waals surface area contributed by atoms with Crippen molar-refractivity contribution < 1.29 is 5.11 Å². The van der Waals surface area contributed by atoms with Crippen LogP contribution in [-0.4, -0.2) is 29.2 Å². The van der Waals surface area contributed by atoms with E-state index in [0.29, 0.717) is 6.54 Å². The molecule has 0 spiro atoms. The lowest BCUT2D eigenvalue weighted by Gasteiger charge is -2.28. The minimum atomic E-state index is -0.618. The summed E-state index contributed by atoms with van der Waals surface area (Å²) in [4.78, 5) is 2.11. The molecule has 0 fully saturated rings. The minimum Gasteiger partial charge on any atom is -0.389 e. The Hall–Kier alpha value is -0.570. The lowest BCUT2D eigenvalue weighted by atomic mass is 10.0. The molecule has 0 saturated carbocycles. The molecule has 1 atom stereocenters. The van der Waals surface area contributed by atoms with Crippen molar-refractivity contribution in [3.8, 4) is 0 Å². The summed E-state index contributed by atoms with van der Waals surface area (Å²) < 4.78 is 0. The third kappa shape index (κ3) is 4.52. The number of aliphatic hydroxyl groups is 1. The van der Waals surface area contributed by atoms with E-state index in [1.54, 1.807) is 0 Å². The smallest absolute Gasteiger partial charge is 0.0743 e. The Morgan fingerprint density at radius 2 is 2.12 bits per heavy atom. The van der Waals surface area contributed by atoms with Gasteiger partial charge in [0.15, 0.2) is 0 Å². The highest BCUT2D eigenvalue weighted by atomic mass is 35.5. The molecule has 0 bridgehead atoms. The molecule has 0 aliphatic rings. The van der Waals surface area contributed by atoms with E-state index in [1.165, 1.54) is 5.56 Å². The summed E-state index contributed by atoms with van der Waals surface area (Å²) in [6, 6.07) is 7.82. The second-order valence-electron chi connectivity index (χ2n) is 4.65. The van der Waals surface area contributed by atoms with Gasteiger partial charge in [-0.2, -0.15) is 0 Å². The van der Waals surface area contributed by atoms with Gasteiger partial charge in [-0.15, -0.1) is 0 Å². The second-order valence-corrected chi connectivity index (χ2v) is 5.09. The summed E-state index contributed by atoms with van der Waals surface area (Å²) in [5.41, 5.74) is 0.551. The molecule has 16 heavy (non-hydrogen) atoms. The summed E-state index contributed by atoms with van der Waals surface area (Å²) >= 11 is 5.92. The zero-order valence-electron chi connectivity index (χ0n) is 10.2. The second kappa shape index (κ2) is 5.67. The van der Waals surface area contributed by atoms with E-state index in [4.69, 9.17) is 11.6 Å². The molecule has 0 aliphatic heterocycles. The van der Waals surface area contributed by atoms with Crippen LogP contribution in [-0.2, 0) is 6.54 Å². The first-order valence-electron chi connectivity index (χ1n) is 5.58. The van der Waals surface area contributed by atoms with Gasteiger partial charge in [0.2, 0.25) is 0 Å². The van der Waals surface area contributed by atoms with Crippen LogP contribution in [0.2, 0.25) is 5.02 Å². The zero-order valence-corrected chi connectivity index (χ0v) is 11.0. The number of halogens is 1. The van der Waals surface area contributed by atoms with Gasteiger partial charge >= 0.3 is 0 Å². The summed E-state index contributed by atoms with van der Waals surface area (Å²) in [6.45, 7) is 5.32. The normalized spacial score (nSPS) is 15.1. The largest absolute Gasteiger partial charge is 0.389 e. The van der Waals surface area contributed by atoms with Gasteiger partial charge in [0, 0.05) is 18.1 Å². The molecule has 0 aliphatic carbocycles. The highest BCUT2D eigenvalue weighted by Crippen LogP contribution is 2.15. The quantitative estimate of drug-likeness (QED) is 0.857. The van der Waals surface area contributed by atoms with E-state index < -0.39 is 5.60 Å². The van der Waals surface area contributed by atoms with Crippen molar-refractivity contribution in [3.63, 3.8) is 0 Å². The SMILES string of the molecule is CCC(C)(O)CN(C)Cc1cccc(Cl)c1. The Morgan fingerprint density at radius 3 is 2.69 bits per heavy atom. The summed E-state index contributed by atoms with van der Waals surface area (Å²) in [5.74, 6) is 0. The molecule has 2 nitrogen and oxygen atoms in total. The number of hydrogen-bond donors (Lipinski definition) is 1. The predicted molar refractivity (Wildman–Crippen MR) is 68.7 cm³/mol. The van der Waals surface area contributed by atoms with Crippen LogP contribution in [0.25, 0.3) is 0 Å². The summed E-state index contributed by atoms with van der Waals surface area (Å²) in [5, 5.41) is 10.7. The van der Waals surface area contributed by atoms with Gasteiger partial charge in [0.05, 0.1) is 5.60 Å². The Morgan fingerprint density at radius 1 is 1.44 bits per heavy atom. The molecule has 0 saturated heterocycles. The Kier molecular flexibility index (Phi) is 4.78. The van der Waals surface area contributed by atoms with Crippen LogP contribution < -0.4 is 0 Å². The standard InChI is InChI=1S/C13H20ClNO/c1-4-13(2,16)10-15(3)9-11-6-5-7-12(14)8-11/h5-8,16H,4,9-10H2,1-3H3. The summed E-state index contributed by atoms with van der Waals surface area (Å²) in [7, 11) is 2.00. The lowest BCUT2D eigenvalue weighted by molar-refractivity contribution is 0.0218. The van der Waals surface area contributed by atoms with Crippen LogP contribution in [0.5, 0.6) is 0 Å². The van der Waals surface area contributed by atoms with Gasteiger partial charge in [0.1, 0.15) is 0 Å². The Bertz CT molecular complexity index is 338. The lowest BCUT2D eigenvalue weighted by Crippen LogP contribution is -2.37. The van der Waals surface area contributed by atoms with Crippen LogP contribution in [0.15, 0.2) is 24.3 Å². The number of hydrogen-bond acceptors (Lipinski definition) is 2. The fourth-order valence-electron chi connectivity index (χ4n) is 1.70. The van der Waals surface area contributed by atoms with Crippen molar-refractivity contribution in [1.29, 1.82) is 0 Å². The molecular weight excluding hydrogens is 222 g/mol. The number of rotatable bonds is 5. The number of benzene rings is 1. The number of nitrogens with zero attached hydrogens (tertiary/aromatic N) is 1. The monoisotopic (exact) mass is 241 g/mol. The molecule has 1 aromatic carbocycles. The van der Waals surface area contributed by atoms with Gasteiger partial charge in [-0.05, 0) is 38.1 Å². The van der Waals surface area contributed by atoms with E-state index in [1.807, 2.05) is 45.2 Å². The highest BCUT2D eigenvalue weighted by Gasteiger charge is 2.19. The van der Waals surface area contributed by atoms with E-state index in [2.05, 4.69) is 4.90 Å². The molecule has 0 radical (unpaired) electrons. The maximum Gasteiger partial charge on any atom is 0.0743 e. The fourth-order valence-corrected chi connectivity index (χ4v) is 1.91. The molecule has 3 heteroatoms. The molecule has 0 aromatic heterocycles.